The molecule has 3 aromatic carbocycles. The van der Waals surface area contributed by atoms with Gasteiger partial charge in [-0.05, 0) is 28.8 Å². The number of cyclic esters (lactones) is 1. The van der Waals surface area contributed by atoms with E-state index in [-0.39, 0.29) is 11.9 Å². The topological polar surface area (TPSA) is 55.4 Å². The summed E-state index contributed by atoms with van der Waals surface area (Å²) < 4.78 is 5.32. The van der Waals surface area contributed by atoms with E-state index in [0.29, 0.717) is 10.6 Å². The van der Waals surface area contributed by atoms with Crippen molar-refractivity contribution in [2.75, 3.05) is 0 Å². The van der Waals surface area contributed by atoms with Crippen LogP contribution in [0.5, 0.6) is 0 Å². The summed E-state index contributed by atoms with van der Waals surface area (Å²) in [6.45, 7) is 0. The largest absolute Gasteiger partial charge is 0.444 e. The van der Waals surface area contributed by atoms with Crippen LogP contribution in [-0.4, -0.2) is 18.0 Å². The molecular formula is C24H18ClNO3. The molecule has 0 saturated heterocycles. The highest BCUT2D eigenvalue weighted by Crippen LogP contribution is 2.29. The lowest BCUT2D eigenvalue weighted by atomic mass is 9.97. The SMILES string of the molecule is O=C1C=C(c2ccc(Cl)cc2)C(C(=O)NC(c2ccccc2)c2ccccc2)O1. The number of nitrogens with one attached hydrogen (secondary N) is 1. The quantitative estimate of drug-likeness (QED) is 0.635. The lowest BCUT2D eigenvalue weighted by Gasteiger charge is -2.22. The molecule has 5 heteroatoms. The molecule has 3 aromatic rings. The summed E-state index contributed by atoms with van der Waals surface area (Å²) in [6, 6.07) is 25.9. The van der Waals surface area contributed by atoms with Crippen molar-refractivity contribution in [3.63, 3.8) is 0 Å². The summed E-state index contributed by atoms with van der Waals surface area (Å²) in [7, 11) is 0. The minimum Gasteiger partial charge on any atom is -0.444 e. The Bertz CT molecular complexity index is 1010. The molecule has 0 fully saturated rings. The second-order valence-electron chi connectivity index (χ2n) is 6.69. The summed E-state index contributed by atoms with van der Waals surface area (Å²) in [5.41, 5.74) is 3.11. The van der Waals surface area contributed by atoms with E-state index in [9.17, 15) is 9.59 Å². The maximum Gasteiger partial charge on any atom is 0.332 e. The van der Waals surface area contributed by atoms with Crippen molar-refractivity contribution < 1.29 is 14.3 Å². The van der Waals surface area contributed by atoms with Crippen LogP contribution in [0.15, 0.2) is 91.0 Å². The molecule has 1 heterocycles. The predicted octanol–water partition coefficient (Wildman–Crippen LogP) is 4.55. The van der Waals surface area contributed by atoms with Crippen molar-refractivity contribution in [1.82, 2.24) is 5.32 Å². The molecular weight excluding hydrogens is 386 g/mol. The lowest BCUT2D eigenvalue weighted by molar-refractivity contribution is -0.146. The van der Waals surface area contributed by atoms with Crippen molar-refractivity contribution >= 4 is 29.1 Å². The highest BCUT2D eigenvalue weighted by molar-refractivity contribution is 6.30. The third kappa shape index (κ3) is 4.23. The highest BCUT2D eigenvalue weighted by Gasteiger charge is 2.35. The zero-order chi connectivity index (χ0) is 20.2. The van der Waals surface area contributed by atoms with Crippen molar-refractivity contribution in [2.24, 2.45) is 0 Å². The predicted molar refractivity (Wildman–Crippen MR) is 112 cm³/mol. The summed E-state index contributed by atoms with van der Waals surface area (Å²) in [6.07, 6.45) is 0.340. The zero-order valence-electron chi connectivity index (χ0n) is 15.4. The van der Waals surface area contributed by atoms with E-state index >= 15 is 0 Å². The molecule has 0 saturated carbocycles. The third-order valence-corrected chi connectivity index (χ3v) is 5.01. The van der Waals surface area contributed by atoms with Crippen molar-refractivity contribution in [1.29, 1.82) is 0 Å². The fourth-order valence-corrected chi connectivity index (χ4v) is 3.48. The van der Waals surface area contributed by atoms with E-state index in [4.69, 9.17) is 16.3 Å². The molecule has 144 valence electrons. The first-order valence-corrected chi connectivity index (χ1v) is 9.58. The molecule has 4 rings (SSSR count). The second kappa shape index (κ2) is 8.33. The minimum absolute atomic E-state index is 0.365. The summed E-state index contributed by atoms with van der Waals surface area (Å²) >= 11 is 5.95. The van der Waals surface area contributed by atoms with Crippen LogP contribution in [0.2, 0.25) is 5.02 Å². The molecule has 1 aliphatic heterocycles. The molecule has 0 radical (unpaired) electrons. The number of hydrogen-bond donors (Lipinski definition) is 1. The van der Waals surface area contributed by atoms with Crippen LogP contribution in [0.1, 0.15) is 22.7 Å². The zero-order valence-corrected chi connectivity index (χ0v) is 16.2. The molecule has 29 heavy (non-hydrogen) atoms. The molecule has 1 atom stereocenters. The van der Waals surface area contributed by atoms with Crippen LogP contribution in [0.3, 0.4) is 0 Å². The van der Waals surface area contributed by atoms with Gasteiger partial charge in [0.05, 0.1) is 6.04 Å². The van der Waals surface area contributed by atoms with Crippen molar-refractivity contribution in [3.05, 3.63) is 113 Å². The number of ether oxygens (including phenoxy) is 1. The van der Waals surface area contributed by atoms with Crippen molar-refractivity contribution in [3.8, 4) is 0 Å². The Morgan fingerprint density at radius 2 is 1.41 bits per heavy atom. The number of rotatable bonds is 5. The number of carbonyl (C=O) groups excluding carboxylic acids is 2. The molecule has 1 amide bonds. The van der Waals surface area contributed by atoms with Crippen LogP contribution in [0.25, 0.3) is 5.57 Å². The van der Waals surface area contributed by atoms with Gasteiger partial charge < -0.3 is 10.1 Å². The van der Waals surface area contributed by atoms with E-state index in [1.165, 1.54) is 6.08 Å². The Morgan fingerprint density at radius 1 is 0.862 bits per heavy atom. The van der Waals surface area contributed by atoms with E-state index < -0.39 is 12.1 Å². The Labute approximate surface area is 173 Å². The van der Waals surface area contributed by atoms with E-state index in [1.54, 1.807) is 24.3 Å². The van der Waals surface area contributed by atoms with Crippen LogP contribution < -0.4 is 5.32 Å². The van der Waals surface area contributed by atoms with Gasteiger partial charge in [0, 0.05) is 16.7 Å². The maximum absolute atomic E-state index is 13.1. The van der Waals surface area contributed by atoms with Crippen LogP contribution in [0.4, 0.5) is 0 Å². The summed E-state index contributed by atoms with van der Waals surface area (Å²) in [5, 5.41) is 3.62. The van der Waals surface area contributed by atoms with Gasteiger partial charge >= 0.3 is 5.97 Å². The second-order valence-corrected chi connectivity index (χ2v) is 7.12. The maximum atomic E-state index is 13.1. The van der Waals surface area contributed by atoms with E-state index in [0.717, 1.165) is 16.7 Å². The summed E-state index contributed by atoms with van der Waals surface area (Å²) in [4.78, 5) is 25.1. The average molecular weight is 404 g/mol. The first kappa shape index (κ1) is 19.0. The molecule has 4 nitrogen and oxygen atoms in total. The van der Waals surface area contributed by atoms with Gasteiger partial charge in [-0.1, -0.05) is 84.4 Å². The first-order chi connectivity index (χ1) is 14.1. The summed E-state index contributed by atoms with van der Waals surface area (Å²) in [5.74, 6) is -0.916. The molecule has 1 N–H and O–H groups in total. The smallest absolute Gasteiger partial charge is 0.332 e. The standard InChI is InChI=1S/C24H18ClNO3/c25-19-13-11-16(12-14-19)20-15-21(27)29-23(20)24(28)26-22(17-7-3-1-4-8-17)18-9-5-2-6-10-18/h1-15,22-23H,(H,26,28). The van der Waals surface area contributed by atoms with Crippen LogP contribution >= 0.6 is 11.6 Å². The van der Waals surface area contributed by atoms with Crippen molar-refractivity contribution in [2.45, 2.75) is 12.1 Å². The van der Waals surface area contributed by atoms with Gasteiger partial charge in [0.2, 0.25) is 6.10 Å². The number of esters is 1. The van der Waals surface area contributed by atoms with Gasteiger partial charge in [0.15, 0.2) is 0 Å². The molecule has 0 spiro atoms. The van der Waals surface area contributed by atoms with Gasteiger partial charge in [-0.2, -0.15) is 0 Å². The van der Waals surface area contributed by atoms with Crippen LogP contribution in [0, 0.1) is 0 Å². The van der Waals surface area contributed by atoms with Gasteiger partial charge in [0.1, 0.15) is 0 Å². The van der Waals surface area contributed by atoms with Gasteiger partial charge in [-0.3, -0.25) is 4.79 Å². The highest BCUT2D eigenvalue weighted by atomic mass is 35.5. The third-order valence-electron chi connectivity index (χ3n) is 4.76. The van der Waals surface area contributed by atoms with Crippen LogP contribution in [-0.2, 0) is 14.3 Å². The average Bonchev–Trinajstić information content (AvgIpc) is 3.15. The monoisotopic (exact) mass is 403 g/mol. The number of hydrogen-bond acceptors (Lipinski definition) is 3. The Kier molecular flexibility index (Phi) is 5.45. The Balaban J connectivity index is 1.63. The first-order valence-electron chi connectivity index (χ1n) is 9.20. The normalized spacial score (nSPS) is 15.7. The Hall–Kier alpha value is -3.37. The number of amides is 1. The fraction of sp³-hybridized carbons (Fsp3) is 0.0833. The van der Waals surface area contributed by atoms with E-state index in [2.05, 4.69) is 5.32 Å². The molecule has 1 unspecified atom stereocenters. The molecule has 1 aliphatic rings. The fourth-order valence-electron chi connectivity index (χ4n) is 3.36. The van der Waals surface area contributed by atoms with E-state index in [1.807, 2.05) is 60.7 Å². The minimum atomic E-state index is -1.02. The molecule has 0 bridgehead atoms. The lowest BCUT2D eigenvalue weighted by Crippen LogP contribution is -2.38. The number of carbonyl (C=O) groups is 2. The number of halogens is 1. The van der Waals surface area contributed by atoms with Gasteiger partial charge in [-0.15, -0.1) is 0 Å². The van der Waals surface area contributed by atoms with Gasteiger partial charge in [0.25, 0.3) is 5.91 Å². The molecule has 0 aliphatic carbocycles. The Morgan fingerprint density at radius 3 is 1.97 bits per heavy atom. The number of benzene rings is 3. The van der Waals surface area contributed by atoms with Gasteiger partial charge in [-0.25, -0.2) is 4.79 Å². The molecule has 0 aromatic heterocycles.